The van der Waals surface area contributed by atoms with Crippen LogP contribution >= 0.6 is 0 Å². The van der Waals surface area contributed by atoms with Gasteiger partial charge in [0.1, 0.15) is 5.56 Å². The van der Waals surface area contributed by atoms with Crippen LogP contribution in [0.15, 0.2) is 23.3 Å². The summed E-state index contributed by atoms with van der Waals surface area (Å²) >= 11 is 0. The molecule has 1 aliphatic rings. The molecule has 2 rings (SSSR count). The molecule has 0 aliphatic heterocycles. The van der Waals surface area contributed by atoms with Crippen molar-refractivity contribution in [3.8, 4) is 0 Å². The standard InChI is InChI=1S/C14H18N2O4/c1-20-14(19)9-2-4-10(5-3-9)16-13(18)11-8-15-7-6-12(11)17/h6-10H,2-5H2,1H3,(H,15,17)(H,16,18). The van der Waals surface area contributed by atoms with Crippen LogP contribution in [0.5, 0.6) is 0 Å². The molecule has 1 aromatic rings. The zero-order chi connectivity index (χ0) is 14.5. The van der Waals surface area contributed by atoms with E-state index in [2.05, 4.69) is 10.3 Å². The summed E-state index contributed by atoms with van der Waals surface area (Å²) < 4.78 is 4.72. The van der Waals surface area contributed by atoms with Crippen molar-refractivity contribution in [2.24, 2.45) is 5.92 Å². The number of ether oxygens (including phenoxy) is 1. The molecule has 0 saturated heterocycles. The second-order valence-electron chi connectivity index (χ2n) is 4.97. The lowest BCUT2D eigenvalue weighted by atomic mass is 9.86. The highest BCUT2D eigenvalue weighted by Crippen LogP contribution is 2.25. The predicted molar refractivity (Wildman–Crippen MR) is 72.3 cm³/mol. The third-order valence-corrected chi connectivity index (χ3v) is 3.67. The molecule has 1 heterocycles. The van der Waals surface area contributed by atoms with Crippen LogP contribution in [-0.4, -0.2) is 30.0 Å². The van der Waals surface area contributed by atoms with Crippen molar-refractivity contribution < 1.29 is 14.3 Å². The molecule has 0 radical (unpaired) electrons. The first-order valence-corrected chi connectivity index (χ1v) is 6.67. The fourth-order valence-corrected chi connectivity index (χ4v) is 2.50. The number of nitrogens with one attached hydrogen (secondary N) is 2. The van der Waals surface area contributed by atoms with Crippen LogP contribution in [0.1, 0.15) is 36.0 Å². The van der Waals surface area contributed by atoms with Crippen LogP contribution in [0.4, 0.5) is 0 Å². The molecular formula is C14H18N2O4. The van der Waals surface area contributed by atoms with Crippen molar-refractivity contribution in [1.29, 1.82) is 0 Å². The van der Waals surface area contributed by atoms with Crippen molar-refractivity contribution in [3.05, 3.63) is 34.2 Å². The van der Waals surface area contributed by atoms with Gasteiger partial charge in [-0.1, -0.05) is 0 Å². The number of aromatic amines is 1. The van der Waals surface area contributed by atoms with Crippen LogP contribution in [0.25, 0.3) is 0 Å². The lowest BCUT2D eigenvalue weighted by molar-refractivity contribution is -0.146. The Morgan fingerprint density at radius 1 is 1.30 bits per heavy atom. The molecule has 0 atom stereocenters. The van der Waals surface area contributed by atoms with E-state index < -0.39 is 0 Å². The number of aromatic nitrogens is 1. The highest BCUT2D eigenvalue weighted by molar-refractivity contribution is 5.93. The lowest BCUT2D eigenvalue weighted by Gasteiger charge is -2.27. The molecule has 1 amide bonds. The van der Waals surface area contributed by atoms with E-state index in [1.165, 1.54) is 25.6 Å². The summed E-state index contributed by atoms with van der Waals surface area (Å²) in [7, 11) is 1.39. The average molecular weight is 278 g/mol. The van der Waals surface area contributed by atoms with Crippen LogP contribution in [0, 0.1) is 5.92 Å². The van der Waals surface area contributed by atoms with E-state index in [9.17, 15) is 14.4 Å². The Morgan fingerprint density at radius 2 is 2.00 bits per heavy atom. The van der Waals surface area contributed by atoms with Gasteiger partial charge in [0.2, 0.25) is 0 Å². The summed E-state index contributed by atoms with van der Waals surface area (Å²) in [6.45, 7) is 0. The average Bonchev–Trinajstić information content (AvgIpc) is 2.47. The lowest BCUT2D eigenvalue weighted by Crippen LogP contribution is -2.40. The van der Waals surface area contributed by atoms with E-state index in [0.717, 1.165) is 12.8 Å². The minimum Gasteiger partial charge on any atom is -0.469 e. The number of methoxy groups -OCH3 is 1. The Bertz CT molecular complexity index is 544. The van der Waals surface area contributed by atoms with Gasteiger partial charge in [0.25, 0.3) is 5.91 Å². The second-order valence-corrected chi connectivity index (χ2v) is 4.97. The predicted octanol–water partition coefficient (Wildman–Crippen LogP) is 0.836. The fourth-order valence-electron chi connectivity index (χ4n) is 2.50. The zero-order valence-corrected chi connectivity index (χ0v) is 11.3. The van der Waals surface area contributed by atoms with Crippen molar-refractivity contribution >= 4 is 11.9 Å². The first-order chi connectivity index (χ1) is 9.61. The van der Waals surface area contributed by atoms with E-state index in [-0.39, 0.29) is 34.8 Å². The number of amides is 1. The minimum absolute atomic E-state index is 0.00279. The molecule has 0 spiro atoms. The van der Waals surface area contributed by atoms with E-state index in [0.29, 0.717) is 12.8 Å². The number of H-pyrrole nitrogens is 1. The first-order valence-electron chi connectivity index (χ1n) is 6.67. The quantitative estimate of drug-likeness (QED) is 0.802. The molecule has 0 aromatic carbocycles. The van der Waals surface area contributed by atoms with E-state index in [1.54, 1.807) is 0 Å². The maximum Gasteiger partial charge on any atom is 0.308 e. The molecule has 6 nitrogen and oxygen atoms in total. The van der Waals surface area contributed by atoms with Gasteiger partial charge in [-0.15, -0.1) is 0 Å². The zero-order valence-electron chi connectivity index (χ0n) is 11.3. The van der Waals surface area contributed by atoms with E-state index in [1.807, 2.05) is 0 Å². The maximum absolute atomic E-state index is 12.0. The fraction of sp³-hybridized carbons (Fsp3) is 0.500. The summed E-state index contributed by atoms with van der Waals surface area (Å²) in [5.74, 6) is -0.629. The molecule has 1 aromatic heterocycles. The molecule has 20 heavy (non-hydrogen) atoms. The number of carbonyl (C=O) groups excluding carboxylic acids is 2. The van der Waals surface area contributed by atoms with Crippen LogP contribution < -0.4 is 10.7 Å². The Kier molecular flexibility index (Phi) is 4.55. The van der Waals surface area contributed by atoms with Crippen molar-refractivity contribution in [2.75, 3.05) is 7.11 Å². The monoisotopic (exact) mass is 278 g/mol. The highest BCUT2D eigenvalue weighted by atomic mass is 16.5. The van der Waals surface area contributed by atoms with Gasteiger partial charge < -0.3 is 15.0 Å². The van der Waals surface area contributed by atoms with Crippen molar-refractivity contribution in [3.63, 3.8) is 0 Å². The molecule has 1 aliphatic carbocycles. The first kappa shape index (κ1) is 14.3. The van der Waals surface area contributed by atoms with E-state index in [4.69, 9.17) is 4.74 Å². The number of pyridine rings is 1. The summed E-state index contributed by atoms with van der Waals surface area (Å²) in [5, 5.41) is 2.84. The number of carbonyl (C=O) groups is 2. The third kappa shape index (κ3) is 3.26. The normalized spacial score (nSPS) is 22.1. The van der Waals surface area contributed by atoms with Gasteiger partial charge in [-0.25, -0.2) is 0 Å². The molecule has 1 fully saturated rings. The van der Waals surface area contributed by atoms with Crippen LogP contribution in [-0.2, 0) is 9.53 Å². The maximum atomic E-state index is 12.0. The molecule has 0 unspecified atom stereocenters. The minimum atomic E-state index is -0.367. The summed E-state index contributed by atoms with van der Waals surface area (Å²) in [6.07, 6.45) is 5.72. The summed E-state index contributed by atoms with van der Waals surface area (Å²) in [4.78, 5) is 37.7. The number of esters is 1. The summed E-state index contributed by atoms with van der Waals surface area (Å²) in [5.41, 5.74) is -0.188. The van der Waals surface area contributed by atoms with Gasteiger partial charge in [-0.2, -0.15) is 0 Å². The molecule has 1 saturated carbocycles. The van der Waals surface area contributed by atoms with Crippen molar-refractivity contribution in [2.45, 2.75) is 31.7 Å². The summed E-state index contributed by atoms with van der Waals surface area (Å²) in [6, 6.07) is 1.33. The third-order valence-electron chi connectivity index (χ3n) is 3.67. The Morgan fingerprint density at radius 3 is 2.60 bits per heavy atom. The molecule has 0 bridgehead atoms. The van der Waals surface area contributed by atoms with Crippen LogP contribution in [0.2, 0.25) is 0 Å². The molecule has 2 N–H and O–H groups in total. The van der Waals surface area contributed by atoms with Gasteiger partial charge in [0.05, 0.1) is 13.0 Å². The van der Waals surface area contributed by atoms with Gasteiger partial charge >= 0.3 is 5.97 Å². The highest BCUT2D eigenvalue weighted by Gasteiger charge is 2.28. The Labute approximate surface area is 116 Å². The molecule has 6 heteroatoms. The van der Waals surface area contributed by atoms with Gasteiger partial charge in [-0.05, 0) is 25.7 Å². The number of rotatable bonds is 3. The second kappa shape index (κ2) is 6.36. The molecule has 108 valence electrons. The van der Waals surface area contributed by atoms with Gasteiger partial charge in [-0.3, -0.25) is 14.4 Å². The Hall–Kier alpha value is -2.11. The van der Waals surface area contributed by atoms with Gasteiger partial charge in [0, 0.05) is 24.5 Å². The topological polar surface area (TPSA) is 88.3 Å². The SMILES string of the molecule is COC(=O)C1CCC(NC(=O)c2c[nH]ccc2=O)CC1. The largest absolute Gasteiger partial charge is 0.469 e. The molecular weight excluding hydrogens is 260 g/mol. The Balaban J connectivity index is 1.90. The van der Waals surface area contributed by atoms with Crippen LogP contribution in [0.3, 0.4) is 0 Å². The van der Waals surface area contributed by atoms with Crippen molar-refractivity contribution in [1.82, 2.24) is 10.3 Å². The number of hydrogen-bond donors (Lipinski definition) is 2. The smallest absolute Gasteiger partial charge is 0.308 e. The van der Waals surface area contributed by atoms with E-state index >= 15 is 0 Å². The number of hydrogen-bond acceptors (Lipinski definition) is 4. The van der Waals surface area contributed by atoms with Gasteiger partial charge in [0.15, 0.2) is 5.43 Å².